The molecule has 3 N–H and O–H groups in total. The first-order valence-electron chi connectivity index (χ1n) is 11.8. The van der Waals surface area contributed by atoms with E-state index in [1.165, 1.54) is 0 Å². The monoisotopic (exact) mass is 627 g/mol. The second-order valence-corrected chi connectivity index (χ2v) is 10.4. The fourth-order valence-corrected chi connectivity index (χ4v) is 5.02. The van der Waals surface area contributed by atoms with Crippen molar-refractivity contribution in [3.8, 4) is 0 Å². The maximum Gasteiger partial charge on any atom is 0.258 e. The fraction of sp³-hybridized carbons (Fsp3) is 0.259. The van der Waals surface area contributed by atoms with Gasteiger partial charge in [0.25, 0.3) is 5.56 Å². The summed E-state index contributed by atoms with van der Waals surface area (Å²) in [6.07, 6.45) is 0. The Morgan fingerprint density at radius 1 is 0.946 bits per heavy atom. The molecular weight excluding hydrogens is 602 g/mol. The molecule has 0 bridgehead atoms. The summed E-state index contributed by atoms with van der Waals surface area (Å²) < 4.78 is 0. The zero-order chi connectivity index (χ0) is 26.4. The number of anilines is 1. The third-order valence-electron chi connectivity index (χ3n) is 5.92. The molecule has 2 atom stereocenters. The van der Waals surface area contributed by atoms with E-state index in [9.17, 15) is 15.0 Å². The summed E-state index contributed by atoms with van der Waals surface area (Å²) in [6, 6.07) is 20.7. The maximum atomic E-state index is 12.5. The Hall–Kier alpha value is -2.92. The first kappa shape index (κ1) is 27.1. The van der Waals surface area contributed by atoms with E-state index in [0.29, 0.717) is 35.5 Å². The van der Waals surface area contributed by atoms with Gasteiger partial charge in [-0.1, -0.05) is 56.1 Å². The molecule has 2 unspecified atom stereocenters. The highest BCUT2D eigenvalue weighted by Gasteiger charge is 2.22. The van der Waals surface area contributed by atoms with E-state index < -0.39 is 0 Å². The lowest BCUT2D eigenvalue weighted by molar-refractivity contribution is 0.281. The molecule has 0 aliphatic heterocycles. The molecule has 4 rings (SSSR count). The molecule has 0 radical (unpaired) electrons. The van der Waals surface area contributed by atoms with Crippen molar-refractivity contribution in [1.29, 1.82) is 0 Å². The predicted octanol–water partition coefficient (Wildman–Crippen LogP) is 6.01. The normalized spacial score (nSPS) is 13.2. The van der Waals surface area contributed by atoms with Crippen molar-refractivity contribution in [1.82, 2.24) is 9.97 Å². The topological polar surface area (TPSA) is 114 Å². The number of hydrogen-bond acceptors (Lipinski definition) is 7. The number of halogens is 2. The molecule has 37 heavy (non-hydrogen) atoms. The molecule has 0 fully saturated rings. The molecule has 0 spiro atoms. The van der Waals surface area contributed by atoms with Crippen LogP contribution in [0.3, 0.4) is 0 Å². The number of aromatic amines is 1. The van der Waals surface area contributed by atoms with Crippen molar-refractivity contribution in [3.63, 3.8) is 0 Å². The first-order valence-corrected chi connectivity index (χ1v) is 13.6. The molecule has 0 aliphatic rings. The predicted molar refractivity (Wildman–Crippen MR) is 154 cm³/mol. The number of aliphatic hydroxyl groups is 2. The lowest BCUT2D eigenvalue weighted by atomic mass is 10.1. The highest BCUT2D eigenvalue weighted by Crippen LogP contribution is 2.41. The van der Waals surface area contributed by atoms with Crippen molar-refractivity contribution in [2.75, 3.05) is 31.2 Å². The van der Waals surface area contributed by atoms with Crippen LogP contribution in [-0.4, -0.2) is 46.5 Å². The van der Waals surface area contributed by atoms with E-state index in [1.54, 1.807) is 6.07 Å². The van der Waals surface area contributed by atoms with Gasteiger partial charge in [0.2, 0.25) is 0 Å². The average molecular weight is 629 g/mol. The third-order valence-corrected chi connectivity index (χ3v) is 8.65. The van der Waals surface area contributed by atoms with E-state index in [1.807, 2.05) is 72.5 Å². The van der Waals surface area contributed by atoms with Crippen molar-refractivity contribution >= 4 is 59.8 Å². The van der Waals surface area contributed by atoms with E-state index in [-0.39, 0.29) is 28.4 Å². The highest BCUT2D eigenvalue weighted by molar-refractivity contribution is 9.12. The number of aliphatic hydroxyl groups excluding tert-OH is 2. The van der Waals surface area contributed by atoms with E-state index in [4.69, 9.17) is 0 Å². The van der Waals surface area contributed by atoms with Gasteiger partial charge in [0.05, 0.1) is 45.1 Å². The molecule has 1 heterocycles. The van der Waals surface area contributed by atoms with Gasteiger partial charge in [-0.25, -0.2) is 4.98 Å². The number of fused-ring (bicyclic) bond motifs is 1. The number of azo groups is 1. The van der Waals surface area contributed by atoms with Crippen LogP contribution in [0.5, 0.6) is 0 Å². The summed E-state index contributed by atoms with van der Waals surface area (Å²) in [5.74, 6) is 0.546. The van der Waals surface area contributed by atoms with Crippen LogP contribution in [0.2, 0.25) is 0 Å². The summed E-state index contributed by atoms with van der Waals surface area (Å²) in [5, 5.41) is 27.9. The molecule has 0 saturated carbocycles. The van der Waals surface area contributed by atoms with Crippen molar-refractivity contribution in [3.05, 3.63) is 94.0 Å². The summed E-state index contributed by atoms with van der Waals surface area (Å²) in [4.78, 5) is 21.5. The van der Waals surface area contributed by atoms with E-state index >= 15 is 0 Å². The Morgan fingerprint density at radius 2 is 1.65 bits per heavy atom. The largest absolute Gasteiger partial charge is 0.395 e. The summed E-state index contributed by atoms with van der Waals surface area (Å²) in [6.45, 7) is 2.87. The quantitative estimate of drug-likeness (QED) is 0.147. The average Bonchev–Trinajstić information content (AvgIpc) is 2.91. The highest BCUT2D eigenvalue weighted by atomic mass is 79.9. The minimum atomic E-state index is -0.255. The standard InChI is InChI=1S/C27H27Br2N5O3/c1-17-16-20(34(12-14-35)13-15-36)10-11-22(17)33-32-19-8-6-18(7-9-19)24(28)25(29)26-30-23-5-3-2-4-21(23)27(37)31-26/h2-11,16,24-25,35-36H,12-15H2,1H3,(H,30,31,37). The Bertz CT molecular complexity index is 1440. The molecule has 0 amide bonds. The van der Waals surface area contributed by atoms with Crippen LogP contribution in [0.25, 0.3) is 10.9 Å². The van der Waals surface area contributed by atoms with Crippen LogP contribution in [0.15, 0.2) is 81.8 Å². The molecular formula is C27H27Br2N5O3. The summed E-state index contributed by atoms with van der Waals surface area (Å²) in [5.41, 5.74) is 4.78. The third kappa shape index (κ3) is 6.51. The number of aryl methyl sites for hydroxylation is 1. The van der Waals surface area contributed by atoms with Gasteiger partial charge >= 0.3 is 0 Å². The number of nitrogens with one attached hydrogen (secondary N) is 1. The van der Waals surface area contributed by atoms with Crippen LogP contribution in [0, 0.1) is 6.92 Å². The summed E-state index contributed by atoms with van der Waals surface area (Å²) in [7, 11) is 0. The van der Waals surface area contributed by atoms with Crippen molar-refractivity contribution < 1.29 is 10.2 Å². The van der Waals surface area contributed by atoms with Crippen LogP contribution in [0.1, 0.15) is 26.6 Å². The van der Waals surface area contributed by atoms with E-state index in [0.717, 1.165) is 22.5 Å². The number of aromatic nitrogens is 2. The van der Waals surface area contributed by atoms with Gasteiger partial charge in [-0.3, -0.25) is 4.79 Å². The fourth-order valence-electron chi connectivity index (χ4n) is 3.94. The van der Waals surface area contributed by atoms with Gasteiger partial charge in [-0.05, 0) is 60.5 Å². The molecule has 192 valence electrons. The van der Waals surface area contributed by atoms with Crippen LogP contribution < -0.4 is 10.5 Å². The summed E-state index contributed by atoms with van der Waals surface area (Å²) >= 11 is 7.41. The van der Waals surface area contributed by atoms with E-state index in [2.05, 4.69) is 52.1 Å². The van der Waals surface area contributed by atoms with Crippen LogP contribution >= 0.6 is 31.9 Å². The molecule has 1 aromatic heterocycles. The number of nitrogens with zero attached hydrogens (tertiary/aromatic N) is 4. The smallest absolute Gasteiger partial charge is 0.258 e. The maximum absolute atomic E-state index is 12.5. The van der Waals surface area contributed by atoms with Crippen LogP contribution in [-0.2, 0) is 0 Å². The van der Waals surface area contributed by atoms with Gasteiger partial charge in [0, 0.05) is 18.8 Å². The first-order chi connectivity index (χ1) is 17.9. The number of rotatable bonds is 10. The van der Waals surface area contributed by atoms with Gasteiger partial charge in [-0.15, -0.1) is 0 Å². The van der Waals surface area contributed by atoms with Gasteiger partial charge in [0.1, 0.15) is 5.82 Å². The van der Waals surface area contributed by atoms with Crippen LogP contribution in [0.4, 0.5) is 17.1 Å². The second-order valence-electron chi connectivity index (χ2n) is 8.47. The van der Waals surface area contributed by atoms with Gasteiger partial charge in [0.15, 0.2) is 0 Å². The zero-order valence-corrected chi connectivity index (χ0v) is 23.4. The minimum absolute atomic E-state index is 0.0122. The van der Waals surface area contributed by atoms with Gasteiger partial charge in [-0.2, -0.15) is 10.2 Å². The van der Waals surface area contributed by atoms with Crippen molar-refractivity contribution in [2.45, 2.75) is 16.6 Å². The number of hydrogen-bond donors (Lipinski definition) is 3. The second kappa shape index (κ2) is 12.6. The zero-order valence-electron chi connectivity index (χ0n) is 20.2. The number of benzene rings is 3. The Morgan fingerprint density at radius 3 is 2.32 bits per heavy atom. The molecule has 0 saturated heterocycles. The lowest BCUT2D eigenvalue weighted by Gasteiger charge is -2.23. The molecule has 4 aromatic rings. The Balaban J connectivity index is 1.47. The minimum Gasteiger partial charge on any atom is -0.395 e. The van der Waals surface area contributed by atoms with Gasteiger partial charge < -0.3 is 20.1 Å². The van der Waals surface area contributed by atoms with Crippen molar-refractivity contribution in [2.24, 2.45) is 10.2 Å². The SMILES string of the molecule is Cc1cc(N(CCO)CCO)ccc1N=Nc1ccc(C(Br)C(Br)c2nc3ccccc3c(=O)[nH]2)cc1. The lowest BCUT2D eigenvalue weighted by Crippen LogP contribution is -2.29. The number of para-hydroxylation sites is 1. The molecule has 0 aliphatic carbocycles. The molecule has 8 nitrogen and oxygen atoms in total. The number of H-pyrrole nitrogens is 1. The Kier molecular flexibility index (Phi) is 9.20. The Labute approximate surface area is 231 Å². The molecule has 10 heteroatoms. The molecule has 3 aromatic carbocycles. The number of alkyl halides is 2.